The molecule has 0 spiro atoms. The third kappa shape index (κ3) is 6.00. The van der Waals surface area contributed by atoms with Crippen molar-refractivity contribution >= 4 is 22.1 Å². The molecule has 3 aromatic rings. The first-order valence-electron chi connectivity index (χ1n) is 9.72. The quantitative estimate of drug-likeness (QED) is 0.312. The Labute approximate surface area is 185 Å². The number of nitrogens with one attached hydrogen (secondary N) is 1. The average Bonchev–Trinajstić information content (AvgIpc) is 2.77. The molecule has 156 valence electrons. The van der Waals surface area contributed by atoms with Crippen LogP contribution in [0.2, 0.25) is 0 Å². The number of ether oxygens (including phenoxy) is 3. The fourth-order valence-corrected chi connectivity index (χ4v) is 3.47. The van der Waals surface area contributed by atoms with Crippen LogP contribution in [0.25, 0.3) is 0 Å². The summed E-state index contributed by atoms with van der Waals surface area (Å²) in [5, 5.41) is 4.33. The van der Waals surface area contributed by atoms with Crippen LogP contribution in [0, 0.1) is 0 Å². The summed E-state index contributed by atoms with van der Waals surface area (Å²) >= 11 is 3.60. The first-order chi connectivity index (χ1) is 14.7. The maximum absolute atomic E-state index is 6.02. The molecule has 3 aromatic carbocycles. The molecule has 0 atom stereocenters. The van der Waals surface area contributed by atoms with E-state index >= 15 is 0 Å². The molecule has 0 bridgehead atoms. The van der Waals surface area contributed by atoms with Gasteiger partial charge in [0.25, 0.3) is 0 Å². The lowest BCUT2D eigenvalue weighted by atomic mass is 10.2. The number of rotatable bonds is 10. The van der Waals surface area contributed by atoms with Crippen LogP contribution >= 0.6 is 15.9 Å². The van der Waals surface area contributed by atoms with Crippen LogP contribution in [0.5, 0.6) is 17.2 Å². The Kier molecular flexibility index (Phi) is 8.15. The van der Waals surface area contributed by atoms with Crippen molar-refractivity contribution in [2.24, 2.45) is 5.10 Å². The van der Waals surface area contributed by atoms with Gasteiger partial charge in [0.1, 0.15) is 12.4 Å². The van der Waals surface area contributed by atoms with E-state index < -0.39 is 0 Å². The van der Waals surface area contributed by atoms with E-state index in [1.807, 2.05) is 73.7 Å². The molecule has 0 fully saturated rings. The largest absolute Gasteiger partial charge is 0.496 e. The lowest BCUT2D eigenvalue weighted by Gasteiger charge is -2.14. The Hall–Kier alpha value is -2.99. The zero-order valence-corrected chi connectivity index (χ0v) is 18.7. The molecule has 1 N–H and O–H groups in total. The van der Waals surface area contributed by atoms with E-state index in [1.165, 1.54) is 0 Å². The molecular formula is C24H25BrN2O3. The summed E-state index contributed by atoms with van der Waals surface area (Å²) in [5.74, 6) is 2.19. The van der Waals surface area contributed by atoms with E-state index in [0.717, 1.165) is 26.9 Å². The van der Waals surface area contributed by atoms with Gasteiger partial charge in [-0.2, -0.15) is 5.10 Å². The van der Waals surface area contributed by atoms with Crippen molar-refractivity contribution < 1.29 is 14.2 Å². The standard InChI is InChI=1S/C24H25BrN2O3/c1-3-29-23-14-19(15-26-27-16-20-11-7-8-12-22(20)28-2)13-21(25)24(23)30-17-18-9-5-4-6-10-18/h4-15,27H,3,16-17H2,1-2H3/b26-15+. The van der Waals surface area contributed by atoms with Gasteiger partial charge in [-0.3, -0.25) is 0 Å². The van der Waals surface area contributed by atoms with Gasteiger partial charge in [0, 0.05) is 5.56 Å². The van der Waals surface area contributed by atoms with Crippen molar-refractivity contribution in [2.45, 2.75) is 20.1 Å². The molecule has 0 saturated heterocycles. The number of para-hydroxylation sites is 1. The average molecular weight is 469 g/mol. The minimum absolute atomic E-state index is 0.466. The maximum atomic E-state index is 6.02. The van der Waals surface area contributed by atoms with Gasteiger partial charge < -0.3 is 19.6 Å². The number of hydrazone groups is 1. The molecule has 0 heterocycles. The summed E-state index contributed by atoms with van der Waals surface area (Å²) in [5.41, 5.74) is 6.09. The summed E-state index contributed by atoms with van der Waals surface area (Å²) in [6.45, 7) is 3.52. The van der Waals surface area contributed by atoms with Crippen LogP contribution in [0.3, 0.4) is 0 Å². The Morgan fingerprint density at radius 3 is 2.50 bits per heavy atom. The molecule has 30 heavy (non-hydrogen) atoms. The molecule has 0 saturated carbocycles. The zero-order chi connectivity index (χ0) is 21.2. The van der Waals surface area contributed by atoms with E-state index in [1.54, 1.807) is 13.3 Å². The van der Waals surface area contributed by atoms with E-state index in [-0.39, 0.29) is 0 Å². The third-order valence-electron chi connectivity index (χ3n) is 4.32. The summed E-state index contributed by atoms with van der Waals surface area (Å²) in [6.07, 6.45) is 1.75. The predicted octanol–water partition coefficient (Wildman–Crippen LogP) is 5.56. The van der Waals surface area contributed by atoms with Gasteiger partial charge in [-0.25, -0.2) is 0 Å². The normalized spacial score (nSPS) is 10.8. The van der Waals surface area contributed by atoms with Crippen molar-refractivity contribution in [2.75, 3.05) is 13.7 Å². The Bertz CT molecular complexity index is 977. The molecule has 0 aliphatic rings. The number of halogens is 1. The second kappa shape index (κ2) is 11.3. The van der Waals surface area contributed by atoms with E-state index in [2.05, 4.69) is 26.5 Å². The molecular weight excluding hydrogens is 444 g/mol. The maximum Gasteiger partial charge on any atom is 0.175 e. The van der Waals surface area contributed by atoms with Crippen LogP contribution in [-0.2, 0) is 13.2 Å². The van der Waals surface area contributed by atoms with Gasteiger partial charge >= 0.3 is 0 Å². The topological polar surface area (TPSA) is 52.1 Å². The number of methoxy groups -OCH3 is 1. The lowest BCUT2D eigenvalue weighted by Crippen LogP contribution is -2.07. The number of nitrogens with zero attached hydrogens (tertiary/aromatic N) is 1. The third-order valence-corrected chi connectivity index (χ3v) is 4.91. The van der Waals surface area contributed by atoms with Crippen LogP contribution in [0.15, 0.2) is 76.3 Å². The predicted molar refractivity (Wildman–Crippen MR) is 124 cm³/mol. The van der Waals surface area contributed by atoms with Crippen molar-refractivity contribution in [3.8, 4) is 17.2 Å². The summed E-state index contributed by atoms with van der Waals surface area (Å²) < 4.78 is 18.0. The molecule has 0 radical (unpaired) electrons. The van der Waals surface area contributed by atoms with Crippen molar-refractivity contribution in [1.29, 1.82) is 0 Å². The van der Waals surface area contributed by atoms with Gasteiger partial charge in [0.05, 0.1) is 30.9 Å². The van der Waals surface area contributed by atoms with Crippen molar-refractivity contribution in [3.05, 3.63) is 87.9 Å². The monoisotopic (exact) mass is 468 g/mol. The minimum atomic E-state index is 0.466. The van der Waals surface area contributed by atoms with E-state index in [9.17, 15) is 0 Å². The number of hydrogen-bond acceptors (Lipinski definition) is 5. The van der Waals surface area contributed by atoms with Crippen molar-refractivity contribution in [3.63, 3.8) is 0 Å². The van der Waals surface area contributed by atoms with Crippen molar-refractivity contribution in [1.82, 2.24) is 5.43 Å². The number of benzene rings is 3. The first kappa shape index (κ1) is 21.7. The van der Waals surface area contributed by atoms with Gasteiger partial charge in [0.15, 0.2) is 11.5 Å². The van der Waals surface area contributed by atoms with Crippen LogP contribution in [0.1, 0.15) is 23.6 Å². The van der Waals surface area contributed by atoms with E-state index in [4.69, 9.17) is 14.2 Å². The lowest BCUT2D eigenvalue weighted by molar-refractivity contribution is 0.267. The van der Waals surface area contributed by atoms with Crippen LogP contribution in [-0.4, -0.2) is 19.9 Å². The van der Waals surface area contributed by atoms with Crippen LogP contribution in [0.4, 0.5) is 0 Å². The second-order valence-electron chi connectivity index (χ2n) is 6.44. The molecule has 0 aliphatic heterocycles. The van der Waals surface area contributed by atoms with Gasteiger partial charge in [-0.15, -0.1) is 0 Å². The number of hydrogen-bond donors (Lipinski definition) is 1. The highest BCUT2D eigenvalue weighted by atomic mass is 79.9. The molecule has 6 heteroatoms. The SMILES string of the molecule is CCOc1cc(/C=N/NCc2ccccc2OC)cc(Br)c1OCc1ccccc1. The summed E-state index contributed by atoms with van der Waals surface area (Å²) in [4.78, 5) is 0. The second-order valence-corrected chi connectivity index (χ2v) is 7.30. The van der Waals surface area contributed by atoms with Gasteiger partial charge in [0.2, 0.25) is 0 Å². The Balaban J connectivity index is 1.68. The molecule has 5 nitrogen and oxygen atoms in total. The Morgan fingerprint density at radius 2 is 1.73 bits per heavy atom. The minimum Gasteiger partial charge on any atom is -0.496 e. The molecule has 0 aromatic heterocycles. The van der Waals surface area contributed by atoms with E-state index in [0.29, 0.717) is 31.3 Å². The van der Waals surface area contributed by atoms with Gasteiger partial charge in [-0.05, 0) is 52.2 Å². The fourth-order valence-electron chi connectivity index (χ4n) is 2.90. The molecule has 0 amide bonds. The summed E-state index contributed by atoms with van der Waals surface area (Å²) in [6, 6.07) is 21.8. The fraction of sp³-hybridized carbons (Fsp3) is 0.208. The zero-order valence-electron chi connectivity index (χ0n) is 17.1. The molecule has 0 aliphatic carbocycles. The first-order valence-corrected chi connectivity index (χ1v) is 10.5. The molecule has 3 rings (SSSR count). The summed E-state index contributed by atoms with van der Waals surface area (Å²) in [7, 11) is 1.66. The highest BCUT2D eigenvalue weighted by Crippen LogP contribution is 2.37. The highest BCUT2D eigenvalue weighted by molar-refractivity contribution is 9.10. The molecule has 0 unspecified atom stereocenters. The smallest absolute Gasteiger partial charge is 0.175 e. The highest BCUT2D eigenvalue weighted by Gasteiger charge is 2.12. The van der Waals surface area contributed by atoms with Gasteiger partial charge in [-0.1, -0.05) is 48.5 Å². The van der Waals surface area contributed by atoms with Crippen LogP contribution < -0.4 is 19.6 Å². The Morgan fingerprint density at radius 1 is 0.967 bits per heavy atom.